The number of morpholine rings is 1. The molecule has 2 N–H and O–H groups in total. The van der Waals surface area contributed by atoms with Gasteiger partial charge in [0, 0.05) is 25.3 Å². The molecule has 0 saturated carbocycles. The molecule has 1 heterocycles. The van der Waals surface area contributed by atoms with Crippen LogP contribution in [0.1, 0.15) is 18.1 Å². The second-order valence-electron chi connectivity index (χ2n) is 5.03. The van der Waals surface area contributed by atoms with Crippen molar-refractivity contribution in [2.24, 2.45) is 0 Å². The van der Waals surface area contributed by atoms with Gasteiger partial charge in [-0.25, -0.2) is 0 Å². The highest BCUT2D eigenvalue weighted by Crippen LogP contribution is 2.24. The molecule has 0 bridgehead atoms. The van der Waals surface area contributed by atoms with E-state index in [1.165, 1.54) is 16.8 Å². The van der Waals surface area contributed by atoms with Gasteiger partial charge in [0.1, 0.15) is 0 Å². The third kappa shape index (κ3) is 3.69. The summed E-state index contributed by atoms with van der Waals surface area (Å²) in [5.41, 5.74) is 3.86. The van der Waals surface area contributed by atoms with Crippen LogP contribution in [0, 0.1) is 6.92 Å². The van der Waals surface area contributed by atoms with Crippen molar-refractivity contribution < 1.29 is 9.84 Å². The standard InChI is InChI=1S/C15H24N2O2/c1-3-16-9-13-8-12(2)4-5-15(13)17-6-7-19-14(10-17)11-18/h4-5,8,14,16,18H,3,6-7,9-11H2,1-2H3. The molecule has 0 amide bonds. The maximum Gasteiger partial charge on any atom is 0.0980 e. The molecular formula is C15H24N2O2. The van der Waals surface area contributed by atoms with E-state index in [9.17, 15) is 5.11 Å². The third-order valence-corrected chi connectivity index (χ3v) is 3.48. The van der Waals surface area contributed by atoms with Crippen molar-refractivity contribution in [3.05, 3.63) is 29.3 Å². The van der Waals surface area contributed by atoms with Crippen LogP contribution in [0.5, 0.6) is 0 Å². The van der Waals surface area contributed by atoms with Gasteiger partial charge in [-0.15, -0.1) is 0 Å². The molecule has 1 fully saturated rings. The lowest BCUT2D eigenvalue weighted by Gasteiger charge is -2.35. The number of nitrogens with one attached hydrogen (secondary N) is 1. The quantitative estimate of drug-likeness (QED) is 0.841. The number of aliphatic hydroxyl groups is 1. The van der Waals surface area contributed by atoms with Crippen LogP contribution in [0.3, 0.4) is 0 Å². The van der Waals surface area contributed by atoms with Crippen molar-refractivity contribution in [3.8, 4) is 0 Å². The van der Waals surface area contributed by atoms with Crippen LogP contribution in [0.2, 0.25) is 0 Å². The van der Waals surface area contributed by atoms with Gasteiger partial charge >= 0.3 is 0 Å². The van der Waals surface area contributed by atoms with Crippen LogP contribution < -0.4 is 10.2 Å². The highest BCUT2D eigenvalue weighted by atomic mass is 16.5. The molecule has 4 nitrogen and oxygen atoms in total. The minimum Gasteiger partial charge on any atom is -0.394 e. The van der Waals surface area contributed by atoms with E-state index in [2.05, 4.69) is 42.3 Å². The van der Waals surface area contributed by atoms with Crippen molar-refractivity contribution >= 4 is 5.69 Å². The smallest absolute Gasteiger partial charge is 0.0980 e. The highest BCUT2D eigenvalue weighted by molar-refractivity contribution is 5.55. The summed E-state index contributed by atoms with van der Waals surface area (Å²) < 4.78 is 5.52. The van der Waals surface area contributed by atoms with Gasteiger partial charge in [-0.05, 0) is 25.1 Å². The van der Waals surface area contributed by atoms with Crippen LogP contribution in [-0.2, 0) is 11.3 Å². The summed E-state index contributed by atoms with van der Waals surface area (Å²) in [6.45, 7) is 8.51. The number of aliphatic hydroxyl groups excluding tert-OH is 1. The summed E-state index contributed by atoms with van der Waals surface area (Å²) in [7, 11) is 0. The zero-order valence-electron chi connectivity index (χ0n) is 11.9. The van der Waals surface area contributed by atoms with Gasteiger partial charge in [0.15, 0.2) is 0 Å². The van der Waals surface area contributed by atoms with Crippen molar-refractivity contribution in [2.75, 3.05) is 37.7 Å². The fraction of sp³-hybridized carbons (Fsp3) is 0.600. The molecule has 1 unspecified atom stereocenters. The van der Waals surface area contributed by atoms with E-state index >= 15 is 0 Å². The number of anilines is 1. The maximum atomic E-state index is 9.25. The zero-order chi connectivity index (χ0) is 13.7. The molecule has 1 aliphatic rings. The molecule has 1 aromatic carbocycles. The van der Waals surface area contributed by atoms with Gasteiger partial charge in [0.05, 0.1) is 19.3 Å². The SMILES string of the molecule is CCNCc1cc(C)ccc1N1CCOC(CO)C1. The molecule has 0 spiro atoms. The summed E-state index contributed by atoms with van der Waals surface area (Å²) in [6.07, 6.45) is -0.0676. The lowest BCUT2D eigenvalue weighted by Crippen LogP contribution is -2.44. The number of rotatable bonds is 5. The van der Waals surface area contributed by atoms with Crippen LogP contribution in [0.4, 0.5) is 5.69 Å². The highest BCUT2D eigenvalue weighted by Gasteiger charge is 2.21. The molecule has 1 atom stereocenters. The molecule has 1 aliphatic heterocycles. The van der Waals surface area contributed by atoms with E-state index in [0.717, 1.165) is 26.2 Å². The van der Waals surface area contributed by atoms with Crippen LogP contribution in [-0.4, -0.2) is 44.1 Å². The Morgan fingerprint density at radius 3 is 3.05 bits per heavy atom. The normalized spacial score (nSPS) is 19.7. The third-order valence-electron chi connectivity index (χ3n) is 3.48. The van der Waals surface area contributed by atoms with Crippen LogP contribution in [0.15, 0.2) is 18.2 Å². The molecule has 0 aliphatic carbocycles. The Morgan fingerprint density at radius 1 is 1.47 bits per heavy atom. The van der Waals surface area contributed by atoms with Crippen LogP contribution in [0.25, 0.3) is 0 Å². The molecule has 4 heteroatoms. The second-order valence-corrected chi connectivity index (χ2v) is 5.03. The topological polar surface area (TPSA) is 44.7 Å². The summed E-state index contributed by atoms with van der Waals surface area (Å²) in [5.74, 6) is 0. The molecule has 0 radical (unpaired) electrons. The fourth-order valence-corrected chi connectivity index (χ4v) is 2.47. The first-order valence-corrected chi connectivity index (χ1v) is 7.02. The van der Waals surface area contributed by atoms with Gasteiger partial charge in [0.25, 0.3) is 0 Å². The zero-order valence-corrected chi connectivity index (χ0v) is 11.9. The number of nitrogens with zero attached hydrogens (tertiary/aromatic N) is 1. The Morgan fingerprint density at radius 2 is 2.32 bits per heavy atom. The number of benzene rings is 1. The first-order chi connectivity index (χ1) is 9.24. The minimum atomic E-state index is -0.0676. The molecule has 2 rings (SSSR count). The van der Waals surface area contributed by atoms with Crippen molar-refractivity contribution in [1.29, 1.82) is 0 Å². The Balaban J connectivity index is 2.17. The number of hydrogen-bond donors (Lipinski definition) is 2. The Bertz CT molecular complexity index is 409. The summed E-state index contributed by atoms with van der Waals surface area (Å²) in [4.78, 5) is 2.32. The van der Waals surface area contributed by atoms with E-state index in [1.54, 1.807) is 0 Å². The van der Waals surface area contributed by atoms with E-state index in [4.69, 9.17) is 4.74 Å². The predicted molar refractivity (Wildman–Crippen MR) is 77.6 cm³/mol. The number of ether oxygens (including phenoxy) is 1. The average Bonchev–Trinajstić information content (AvgIpc) is 2.45. The first-order valence-electron chi connectivity index (χ1n) is 7.02. The summed E-state index contributed by atoms with van der Waals surface area (Å²) in [5, 5.41) is 12.6. The van der Waals surface area contributed by atoms with E-state index < -0.39 is 0 Å². The van der Waals surface area contributed by atoms with Crippen molar-refractivity contribution in [2.45, 2.75) is 26.5 Å². The molecule has 1 saturated heterocycles. The van der Waals surface area contributed by atoms with Gasteiger partial charge in [-0.3, -0.25) is 0 Å². The monoisotopic (exact) mass is 264 g/mol. The lowest BCUT2D eigenvalue weighted by molar-refractivity contribution is 0.00352. The van der Waals surface area contributed by atoms with Crippen LogP contribution >= 0.6 is 0 Å². The van der Waals surface area contributed by atoms with Gasteiger partial charge in [-0.2, -0.15) is 0 Å². The predicted octanol–water partition coefficient (Wildman–Crippen LogP) is 1.30. The molecule has 19 heavy (non-hydrogen) atoms. The van der Waals surface area contributed by atoms with Crippen molar-refractivity contribution in [1.82, 2.24) is 5.32 Å². The Labute approximate surface area is 115 Å². The molecule has 106 valence electrons. The van der Waals surface area contributed by atoms with E-state index in [1.807, 2.05) is 0 Å². The molecule has 0 aromatic heterocycles. The second kappa shape index (κ2) is 6.89. The van der Waals surface area contributed by atoms with Gasteiger partial charge in [0.2, 0.25) is 0 Å². The Kier molecular flexibility index (Phi) is 5.19. The number of hydrogen-bond acceptors (Lipinski definition) is 4. The maximum absolute atomic E-state index is 9.25. The van der Waals surface area contributed by atoms with E-state index in [0.29, 0.717) is 6.61 Å². The minimum absolute atomic E-state index is 0.0676. The van der Waals surface area contributed by atoms with Crippen molar-refractivity contribution in [3.63, 3.8) is 0 Å². The summed E-state index contributed by atoms with van der Waals surface area (Å²) in [6, 6.07) is 6.57. The first kappa shape index (κ1) is 14.3. The Hall–Kier alpha value is -1.10. The lowest BCUT2D eigenvalue weighted by atomic mass is 10.1. The van der Waals surface area contributed by atoms with Gasteiger partial charge < -0.3 is 20.1 Å². The van der Waals surface area contributed by atoms with Gasteiger partial charge in [-0.1, -0.05) is 24.6 Å². The molecule has 1 aromatic rings. The largest absolute Gasteiger partial charge is 0.394 e. The average molecular weight is 264 g/mol. The van der Waals surface area contributed by atoms with E-state index in [-0.39, 0.29) is 12.7 Å². The fourth-order valence-electron chi connectivity index (χ4n) is 2.47. The summed E-state index contributed by atoms with van der Waals surface area (Å²) >= 11 is 0. The number of aryl methyl sites for hydroxylation is 1. The molecular weight excluding hydrogens is 240 g/mol.